The molecule has 0 spiro atoms. The van der Waals surface area contributed by atoms with Crippen LogP contribution in [0.25, 0.3) is 19.5 Å². The van der Waals surface area contributed by atoms with E-state index in [1.807, 2.05) is 45.3 Å². The lowest BCUT2D eigenvalue weighted by molar-refractivity contribution is -0.129. The van der Waals surface area contributed by atoms with Crippen LogP contribution in [0.3, 0.4) is 0 Å². The van der Waals surface area contributed by atoms with Crippen LogP contribution >= 0.6 is 45.3 Å². The highest BCUT2D eigenvalue weighted by atomic mass is 32.1. The Labute approximate surface area is 289 Å². The maximum absolute atomic E-state index is 14.2. The van der Waals surface area contributed by atoms with Crippen LogP contribution in [0.15, 0.2) is 35.0 Å². The molecule has 240 valence electrons. The van der Waals surface area contributed by atoms with Gasteiger partial charge >= 0.3 is 0 Å². The first kappa shape index (κ1) is 30.2. The highest BCUT2D eigenvalue weighted by Gasteiger charge is 2.61. The number of hydrogen-bond acceptors (Lipinski definition) is 6. The summed E-state index contributed by atoms with van der Waals surface area (Å²) >= 11 is 7.65. The molecule has 5 saturated carbocycles. The van der Waals surface area contributed by atoms with Crippen molar-refractivity contribution in [3.63, 3.8) is 0 Å². The Morgan fingerprint density at radius 1 is 0.522 bits per heavy atom. The first-order valence-electron chi connectivity index (χ1n) is 17.6. The Hall–Kier alpha value is -1.86. The molecular formula is C40H44O2S4. The summed E-state index contributed by atoms with van der Waals surface area (Å²) in [6.07, 6.45) is 8.80. The molecule has 0 amide bonds. The van der Waals surface area contributed by atoms with E-state index < -0.39 is 0 Å². The Bertz CT molecular complexity index is 1700. The summed E-state index contributed by atoms with van der Waals surface area (Å²) in [6.45, 7) is 8.99. The molecule has 6 heteroatoms. The van der Waals surface area contributed by atoms with E-state index in [-0.39, 0.29) is 23.7 Å². The van der Waals surface area contributed by atoms with Gasteiger partial charge in [-0.3, -0.25) is 9.59 Å². The second-order valence-electron chi connectivity index (χ2n) is 15.6. The van der Waals surface area contributed by atoms with Crippen molar-refractivity contribution in [2.75, 3.05) is 0 Å². The topological polar surface area (TPSA) is 34.1 Å². The second kappa shape index (κ2) is 11.4. The monoisotopic (exact) mass is 684 g/mol. The molecule has 9 rings (SSSR count). The van der Waals surface area contributed by atoms with Crippen molar-refractivity contribution in [2.45, 2.75) is 90.9 Å². The highest BCUT2D eigenvalue weighted by molar-refractivity contribution is 7.22. The zero-order chi connectivity index (χ0) is 31.4. The van der Waals surface area contributed by atoms with Crippen LogP contribution in [0, 0.1) is 75.0 Å². The highest BCUT2D eigenvalue weighted by Crippen LogP contribution is 2.63. The average molecular weight is 685 g/mol. The third kappa shape index (κ3) is 4.63. The van der Waals surface area contributed by atoms with Crippen molar-refractivity contribution in [3.05, 3.63) is 67.0 Å². The molecule has 4 aromatic rings. The number of Topliss-reactive ketones (excluding diaryl/α,β-unsaturated/α-hetero) is 2. The van der Waals surface area contributed by atoms with Crippen LogP contribution in [-0.4, -0.2) is 11.6 Å². The zero-order valence-electron chi connectivity index (χ0n) is 27.3. The molecule has 5 fully saturated rings. The summed E-state index contributed by atoms with van der Waals surface area (Å²) in [4.78, 5) is 37.1. The fourth-order valence-electron chi connectivity index (χ4n) is 11.2. The fraction of sp³-hybridized carbons (Fsp3) is 0.550. The van der Waals surface area contributed by atoms with Crippen molar-refractivity contribution in [1.29, 1.82) is 0 Å². The lowest BCUT2D eigenvalue weighted by Gasteiger charge is -2.40. The number of aryl methyl sites for hydroxylation is 4. The van der Waals surface area contributed by atoms with Crippen LogP contribution in [-0.2, 0) is 9.59 Å². The summed E-state index contributed by atoms with van der Waals surface area (Å²) in [5.41, 5.74) is 5.56. The first-order chi connectivity index (χ1) is 22.3. The molecular weight excluding hydrogens is 641 g/mol. The van der Waals surface area contributed by atoms with Crippen LogP contribution < -0.4 is 0 Å². The number of carbonyl (C=O) groups excluding carboxylic acids is 2. The van der Waals surface area contributed by atoms with E-state index in [9.17, 15) is 9.59 Å². The molecule has 2 nitrogen and oxygen atoms in total. The van der Waals surface area contributed by atoms with Gasteiger partial charge in [-0.2, -0.15) is 0 Å². The Kier molecular flexibility index (Phi) is 7.46. The molecule has 0 bridgehead atoms. The van der Waals surface area contributed by atoms with Gasteiger partial charge in [0.2, 0.25) is 0 Å². The Morgan fingerprint density at radius 2 is 0.935 bits per heavy atom. The van der Waals surface area contributed by atoms with E-state index in [4.69, 9.17) is 0 Å². The standard InChI is InChI=1S/C40H44O2S4/c1-19-9-11-43-39(19)33-13-21(3)37(45-33)23-5-7-25-27-17-32-28(18-31(27)35(41)29(25)15-23)26-8-6-24(16-30(26)36(32)42)38-22(4)14-34(46-38)40-20(2)10-12-44-40/h9-14,23-32H,5-8,15-18H2,1-4H3. The van der Waals surface area contributed by atoms with Gasteiger partial charge in [-0.05, 0) is 172 Å². The number of ketones is 2. The van der Waals surface area contributed by atoms with E-state index >= 15 is 0 Å². The van der Waals surface area contributed by atoms with Crippen LogP contribution in [0.1, 0.15) is 95.2 Å². The van der Waals surface area contributed by atoms with Gasteiger partial charge in [-0.15, -0.1) is 45.3 Å². The molecule has 0 saturated heterocycles. The smallest absolute Gasteiger partial charge is 0.139 e. The van der Waals surface area contributed by atoms with E-state index in [1.165, 1.54) is 64.4 Å². The number of hydrogen-bond donors (Lipinski definition) is 0. The van der Waals surface area contributed by atoms with Gasteiger partial charge in [0.05, 0.1) is 0 Å². The number of carbonyl (C=O) groups is 2. The quantitative estimate of drug-likeness (QED) is 0.214. The Morgan fingerprint density at radius 3 is 1.33 bits per heavy atom. The molecule has 10 unspecified atom stereocenters. The Balaban J connectivity index is 0.906. The summed E-state index contributed by atoms with van der Waals surface area (Å²) in [6, 6.07) is 9.23. The molecule has 5 aliphatic rings. The molecule has 0 aromatic carbocycles. The van der Waals surface area contributed by atoms with Crippen LogP contribution in [0.2, 0.25) is 0 Å². The molecule has 4 heterocycles. The average Bonchev–Trinajstić information content (AvgIpc) is 3.90. The largest absolute Gasteiger partial charge is 0.299 e. The van der Waals surface area contributed by atoms with Gasteiger partial charge in [0.15, 0.2) is 0 Å². The van der Waals surface area contributed by atoms with Crippen molar-refractivity contribution in [2.24, 2.45) is 47.3 Å². The molecule has 10 atom stereocenters. The van der Waals surface area contributed by atoms with Crippen LogP contribution in [0.5, 0.6) is 0 Å². The van der Waals surface area contributed by atoms with E-state index in [1.54, 1.807) is 0 Å². The van der Waals surface area contributed by atoms with Crippen molar-refractivity contribution < 1.29 is 9.59 Å². The number of thiophene rings is 4. The van der Waals surface area contributed by atoms with Crippen molar-refractivity contribution >= 4 is 56.9 Å². The fourth-order valence-corrected chi connectivity index (χ4v) is 16.1. The van der Waals surface area contributed by atoms with Crippen molar-refractivity contribution in [1.82, 2.24) is 0 Å². The summed E-state index contributed by atoms with van der Waals surface area (Å²) in [5, 5.41) is 4.40. The van der Waals surface area contributed by atoms with Gasteiger partial charge < -0.3 is 0 Å². The lowest BCUT2D eigenvalue weighted by atomic mass is 9.64. The lowest BCUT2D eigenvalue weighted by Crippen LogP contribution is -2.35. The van der Waals surface area contributed by atoms with Gasteiger partial charge in [-0.1, -0.05) is 0 Å². The van der Waals surface area contributed by atoms with Gasteiger partial charge in [0.1, 0.15) is 11.6 Å². The van der Waals surface area contributed by atoms with E-state index in [2.05, 4.69) is 62.7 Å². The minimum absolute atomic E-state index is 0.212. The molecule has 0 radical (unpaired) electrons. The predicted molar refractivity (Wildman–Crippen MR) is 195 cm³/mol. The number of rotatable bonds is 4. The molecule has 4 aromatic heterocycles. The minimum atomic E-state index is 0.212. The molecule has 46 heavy (non-hydrogen) atoms. The molecule has 0 N–H and O–H groups in total. The van der Waals surface area contributed by atoms with Crippen molar-refractivity contribution in [3.8, 4) is 19.5 Å². The van der Waals surface area contributed by atoms with E-state index in [0.717, 1.165) is 38.5 Å². The number of fused-ring (bicyclic) bond motifs is 6. The van der Waals surface area contributed by atoms with Gasteiger partial charge in [-0.25, -0.2) is 0 Å². The summed E-state index contributed by atoms with van der Waals surface area (Å²) < 4.78 is 0. The summed E-state index contributed by atoms with van der Waals surface area (Å²) in [7, 11) is 0. The molecule has 0 aliphatic heterocycles. The maximum Gasteiger partial charge on any atom is 0.139 e. The van der Waals surface area contributed by atoms with Gasteiger partial charge in [0, 0.05) is 52.9 Å². The van der Waals surface area contributed by atoms with Crippen LogP contribution in [0.4, 0.5) is 0 Å². The normalized spacial score (nSPS) is 35.2. The molecule has 5 aliphatic carbocycles. The minimum Gasteiger partial charge on any atom is -0.299 e. The third-order valence-corrected chi connectivity index (χ3v) is 18.5. The first-order valence-corrected chi connectivity index (χ1v) is 21.0. The zero-order valence-corrected chi connectivity index (χ0v) is 30.6. The third-order valence-electron chi connectivity index (χ3n) is 13.3. The predicted octanol–water partition coefficient (Wildman–Crippen LogP) is 11.6. The van der Waals surface area contributed by atoms with Gasteiger partial charge in [0.25, 0.3) is 0 Å². The van der Waals surface area contributed by atoms with E-state index in [0.29, 0.717) is 47.1 Å². The second-order valence-corrected chi connectivity index (χ2v) is 19.6. The summed E-state index contributed by atoms with van der Waals surface area (Å²) in [5.74, 6) is 4.94. The maximum atomic E-state index is 14.2. The SMILES string of the molecule is Cc1ccsc1-c1cc(C)c(C2CCC3C(C2)C(=O)C2CC4C(CC23)C(=O)C2CC(c3sc(-c5sccc5C)cc3C)CCC24)s1.